The van der Waals surface area contributed by atoms with Crippen LogP contribution in [0.2, 0.25) is 0 Å². The Labute approximate surface area is 453 Å². The summed E-state index contributed by atoms with van der Waals surface area (Å²) in [5.74, 6) is -0.845. The van der Waals surface area contributed by atoms with Crippen molar-refractivity contribution in [3.63, 3.8) is 0 Å². The fraction of sp³-hybridized carbons (Fsp3) is 0.594. The summed E-state index contributed by atoms with van der Waals surface area (Å²) < 4.78 is 34.5. The molecular weight excluding hydrogens is 942 g/mol. The molecule has 0 saturated carbocycles. The van der Waals surface area contributed by atoms with Crippen molar-refractivity contribution in [1.82, 2.24) is 0 Å². The number of likely N-dealkylation sites (N-methyl/N-ethyl adjacent to an activating group) is 1. The normalized spacial score (nSPS) is 14.4. The van der Waals surface area contributed by atoms with E-state index in [4.69, 9.17) is 18.5 Å². The summed E-state index contributed by atoms with van der Waals surface area (Å²) >= 11 is 0. The number of hydrogen-bond donors (Lipinski definition) is 1. The van der Waals surface area contributed by atoms with Gasteiger partial charge in [-0.15, -0.1) is 0 Å². The minimum absolute atomic E-state index is 0.0167. The minimum Gasteiger partial charge on any atom is -0.462 e. The second-order valence-electron chi connectivity index (χ2n) is 19.6. The van der Waals surface area contributed by atoms with Gasteiger partial charge < -0.3 is 18.9 Å². The molecule has 0 spiro atoms. The van der Waals surface area contributed by atoms with Crippen LogP contribution in [0.3, 0.4) is 0 Å². The Kier molecular flexibility index (Phi) is 50.7. The molecule has 0 saturated heterocycles. The Balaban J connectivity index is 4.29. The number of unbranched alkanes of at least 4 members (excludes halogenated alkanes) is 12. The van der Waals surface area contributed by atoms with Crippen molar-refractivity contribution in [2.24, 2.45) is 0 Å². The molecule has 0 aromatic heterocycles. The lowest BCUT2D eigenvalue weighted by Gasteiger charge is -2.24. The number of quaternary nitrogens is 1. The monoisotopic (exact) mass is 1050 g/mol. The minimum atomic E-state index is -4.41. The lowest BCUT2D eigenvalue weighted by Crippen LogP contribution is -2.37. The van der Waals surface area contributed by atoms with Gasteiger partial charge >= 0.3 is 19.8 Å². The lowest BCUT2D eigenvalue weighted by atomic mass is 10.1. The van der Waals surface area contributed by atoms with Crippen molar-refractivity contribution >= 4 is 19.8 Å². The van der Waals surface area contributed by atoms with Gasteiger partial charge in [-0.1, -0.05) is 211 Å². The molecule has 2 atom stereocenters. The number of nitrogens with zero attached hydrogens (tertiary/aromatic N) is 1. The molecule has 0 aromatic rings. The molecule has 2 unspecified atom stereocenters. The molecule has 0 aliphatic heterocycles. The number of rotatable bonds is 50. The molecule has 9 nitrogen and oxygen atoms in total. The predicted molar refractivity (Wildman–Crippen MR) is 316 cm³/mol. The van der Waals surface area contributed by atoms with Crippen molar-refractivity contribution in [1.29, 1.82) is 0 Å². The third-order valence-electron chi connectivity index (χ3n) is 11.4. The number of phosphoric acid groups is 1. The highest BCUT2D eigenvalue weighted by molar-refractivity contribution is 7.47. The van der Waals surface area contributed by atoms with E-state index >= 15 is 0 Å². The maximum absolute atomic E-state index is 12.8. The summed E-state index contributed by atoms with van der Waals surface area (Å²) in [7, 11) is 1.43. The van der Waals surface area contributed by atoms with Crippen LogP contribution in [0.5, 0.6) is 0 Å². The van der Waals surface area contributed by atoms with Gasteiger partial charge in [-0.2, -0.15) is 0 Å². The van der Waals surface area contributed by atoms with Gasteiger partial charge in [0.25, 0.3) is 0 Å². The van der Waals surface area contributed by atoms with Crippen LogP contribution in [0.15, 0.2) is 146 Å². The van der Waals surface area contributed by atoms with Crippen molar-refractivity contribution in [3.05, 3.63) is 146 Å². The number of phosphoric ester groups is 1. The first-order valence-electron chi connectivity index (χ1n) is 28.6. The van der Waals surface area contributed by atoms with E-state index < -0.39 is 32.5 Å². The van der Waals surface area contributed by atoms with E-state index in [9.17, 15) is 19.0 Å². The summed E-state index contributed by atoms with van der Waals surface area (Å²) in [6, 6.07) is 0. The van der Waals surface area contributed by atoms with Gasteiger partial charge in [0.1, 0.15) is 19.8 Å². The Morgan fingerprint density at radius 2 is 0.730 bits per heavy atom. The number of allylic oxidation sites excluding steroid dienone is 24. The largest absolute Gasteiger partial charge is 0.472 e. The summed E-state index contributed by atoms with van der Waals surface area (Å²) in [4.78, 5) is 35.7. The van der Waals surface area contributed by atoms with Crippen LogP contribution >= 0.6 is 7.82 Å². The first-order valence-corrected chi connectivity index (χ1v) is 30.1. The second-order valence-corrected chi connectivity index (χ2v) is 21.0. The topological polar surface area (TPSA) is 108 Å². The number of carbonyl (C=O) groups excluding carboxylic acids is 2. The molecular formula is C64H105NO8P+. The molecule has 0 fully saturated rings. The molecule has 1 N–H and O–H groups in total. The zero-order valence-electron chi connectivity index (χ0n) is 47.3. The van der Waals surface area contributed by atoms with Crippen LogP contribution in [0, 0.1) is 0 Å². The Morgan fingerprint density at radius 1 is 0.419 bits per heavy atom. The zero-order chi connectivity index (χ0) is 54.2. The molecule has 0 bridgehead atoms. The third-order valence-corrected chi connectivity index (χ3v) is 12.3. The number of carbonyl (C=O) groups is 2. The molecule has 74 heavy (non-hydrogen) atoms. The van der Waals surface area contributed by atoms with E-state index in [1.54, 1.807) is 0 Å². The number of hydrogen-bond acceptors (Lipinski definition) is 7. The average Bonchev–Trinajstić information content (AvgIpc) is 3.36. The van der Waals surface area contributed by atoms with Crippen molar-refractivity contribution in [3.8, 4) is 0 Å². The van der Waals surface area contributed by atoms with E-state index in [1.807, 2.05) is 21.1 Å². The molecule has 10 heteroatoms. The van der Waals surface area contributed by atoms with Crippen LogP contribution in [-0.2, 0) is 32.7 Å². The molecule has 0 aromatic carbocycles. The van der Waals surface area contributed by atoms with Gasteiger partial charge in [0.2, 0.25) is 0 Å². The van der Waals surface area contributed by atoms with Gasteiger partial charge in [-0.25, -0.2) is 4.57 Å². The van der Waals surface area contributed by atoms with Crippen molar-refractivity contribution in [2.45, 2.75) is 200 Å². The highest BCUT2D eigenvalue weighted by Gasteiger charge is 2.27. The summed E-state index contributed by atoms with van der Waals surface area (Å²) in [5, 5.41) is 0. The van der Waals surface area contributed by atoms with Crippen molar-refractivity contribution in [2.75, 3.05) is 47.5 Å². The summed E-state index contributed by atoms with van der Waals surface area (Å²) in [6.07, 6.45) is 79.0. The smallest absolute Gasteiger partial charge is 0.462 e. The fourth-order valence-electron chi connectivity index (χ4n) is 7.02. The molecule has 0 radical (unpaired) electrons. The van der Waals surface area contributed by atoms with Crippen LogP contribution in [-0.4, -0.2) is 74.9 Å². The quantitative estimate of drug-likeness (QED) is 0.0211. The molecule has 0 rings (SSSR count). The SMILES string of the molecule is CC/C=C\C/C=C\C/C=C\C/C=C\C/C=C\C/C=C\C/C=C\CCCCCCCCCC(=O)OC(COC(=O)CCCCCCC/C=C\C/C=C\C/C=C\C/C=C\C/C=C\CC)COP(=O)(O)OCC[N+](C)(C)C. The maximum Gasteiger partial charge on any atom is 0.472 e. The van der Waals surface area contributed by atoms with Gasteiger partial charge in [0, 0.05) is 12.8 Å². The van der Waals surface area contributed by atoms with Gasteiger partial charge in [-0.05, 0) is 116 Å². The van der Waals surface area contributed by atoms with E-state index in [0.29, 0.717) is 23.9 Å². The van der Waals surface area contributed by atoms with Gasteiger partial charge in [-0.3, -0.25) is 18.6 Å². The molecule has 0 heterocycles. The van der Waals surface area contributed by atoms with Gasteiger partial charge in [0.15, 0.2) is 6.10 Å². The van der Waals surface area contributed by atoms with Crippen LogP contribution < -0.4 is 0 Å². The molecule has 0 amide bonds. The molecule has 418 valence electrons. The number of esters is 2. The summed E-state index contributed by atoms with van der Waals surface area (Å²) in [6.45, 7) is 4.14. The maximum atomic E-state index is 12.8. The van der Waals surface area contributed by atoms with E-state index in [2.05, 4.69) is 160 Å². The first-order chi connectivity index (χ1) is 36.0. The van der Waals surface area contributed by atoms with Gasteiger partial charge in [0.05, 0.1) is 27.7 Å². The first kappa shape index (κ1) is 69.9. The number of ether oxygens (including phenoxy) is 2. The molecule has 0 aliphatic rings. The Bertz CT molecular complexity index is 1760. The Hall–Kier alpha value is -4.11. The summed E-state index contributed by atoms with van der Waals surface area (Å²) in [5.41, 5.74) is 0. The zero-order valence-corrected chi connectivity index (χ0v) is 48.2. The lowest BCUT2D eigenvalue weighted by molar-refractivity contribution is -0.870. The third kappa shape index (κ3) is 57.2. The predicted octanol–water partition coefficient (Wildman–Crippen LogP) is 17.9. The van der Waals surface area contributed by atoms with Crippen LogP contribution in [0.25, 0.3) is 0 Å². The highest BCUT2D eigenvalue weighted by atomic mass is 31.2. The van der Waals surface area contributed by atoms with Crippen LogP contribution in [0.1, 0.15) is 194 Å². The van der Waals surface area contributed by atoms with Crippen LogP contribution in [0.4, 0.5) is 0 Å². The highest BCUT2D eigenvalue weighted by Crippen LogP contribution is 2.43. The average molecular weight is 1050 g/mol. The van der Waals surface area contributed by atoms with E-state index in [1.165, 1.54) is 19.3 Å². The van der Waals surface area contributed by atoms with Crippen molar-refractivity contribution < 1.29 is 42.1 Å². The standard InChI is InChI=1S/C64H104NO8P/c1-6-8-10-12-14-16-18-20-22-24-26-28-29-30-31-32-33-34-35-37-39-41-43-45-47-49-51-53-55-57-64(67)73-62(61-72-74(68,69)71-59-58-65(3,4)5)60-70-63(66)56-54-52-50-48-46-44-42-40-38-36-27-25-23-21-19-17-15-13-11-9-7-2/h8-11,14-17,20-23,26-28,30-31,33-34,36-37,39-40,42,62H,6-7,12-13,18-19,24-25,29,32,35,38,41,43-61H2,1-5H3/p+1/b10-8-,11-9-,16-14-,17-15-,22-20-,23-21-,28-26-,31-30-,34-33-,36-27-,39-37-,42-40-. The van der Waals surface area contributed by atoms with E-state index in [0.717, 1.165) is 135 Å². The molecule has 0 aliphatic carbocycles. The second kappa shape index (κ2) is 53.7. The van der Waals surface area contributed by atoms with E-state index in [-0.39, 0.29) is 26.1 Å². The Morgan fingerprint density at radius 3 is 1.08 bits per heavy atom. The fourth-order valence-corrected chi connectivity index (χ4v) is 7.76.